The van der Waals surface area contributed by atoms with Crippen LogP contribution in [0.4, 0.5) is 11.6 Å². The van der Waals surface area contributed by atoms with Gasteiger partial charge in [0.05, 0.1) is 5.60 Å². The maximum Gasteiger partial charge on any atom is 0.132 e. The molecule has 2 rings (SSSR count). The van der Waals surface area contributed by atoms with E-state index in [1.165, 1.54) is 6.42 Å². The molecule has 1 saturated carbocycles. The lowest BCUT2D eigenvalue weighted by Gasteiger charge is -2.36. The zero-order chi connectivity index (χ0) is 15.3. The molecule has 0 unspecified atom stereocenters. The lowest BCUT2D eigenvalue weighted by Crippen LogP contribution is -2.40. The third-order valence-corrected chi connectivity index (χ3v) is 4.56. The summed E-state index contributed by atoms with van der Waals surface area (Å²) >= 11 is 0. The average Bonchev–Trinajstić information content (AvgIpc) is 2.53. The van der Waals surface area contributed by atoms with Gasteiger partial charge in [-0.3, -0.25) is 0 Å². The van der Waals surface area contributed by atoms with Crippen LogP contribution in [0.2, 0.25) is 0 Å². The lowest BCUT2D eigenvalue weighted by molar-refractivity contribution is 0.00222. The first-order chi connectivity index (χ1) is 10.1. The standard InChI is InChI=1S/C16H28N4O/c1-4-12-6-8-16(21,9-7-12)11-18-15-10-14(17-3)19-13(5-2)20-15/h10,12,21H,4-9,11H2,1-3H3,(H2,17,18,19,20). The largest absolute Gasteiger partial charge is 0.388 e. The third kappa shape index (κ3) is 4.30. The highest BCUT2D eigenvalue weighted by Crippen LogP contribution is 2.33. The molecule has 1 aromatic rings. The zero-order valence-corrected chi connectivity index (χ0v) is 13.4. The summed E-state index contributed by atoms with van der Waals surface area (Å²) in [5, 5.41) is 17.0. The van der Waals surface area contributed by atoms with Crippen molar-refractivity contribution in [3.8, 4) is 0 Å². The Balaban J connectivity index is 1.96. The van der Waals surface area contributed by atoms with E-state index >= 15 is 0 Å². The number of hydrogen-bond donors (Lipinski definition) is 3. The molecule has 0 atom stereocenters. The van der Waals surface area contributed by atoms with E-state index in [1.54, 1.807) is 0 Å². The number of aromatic nitrogens is 2. The van der Waals surface area contributed by atoms with Gasteiger partial charge in [0.15, 0.2) is 0 Å². The van der Waals surface area contributed by atoms with E-state index in [1.807, 2.05) is 20.0 Å². The predicted molar refractivity (Wildman–Crippen MR) is 86.6 cm³/mol. The molecule has 3 N–H and O–H groups in total. The Bertz CT molecular complexity index is 433. The number of hydrogen-bond acceptors (Lipinski definition) is 5. The van der Waals surface area contributed by atoms with E-state index in [-0.39, 0.29) is 0 Å². The lowest BCUT2D eigenvalue weighted by atomic mass is 9.78. The first-order valence-electron chi connectivity index (χ1n) is 8.10. The van der Waals surface area contributed by atoms with Gasteiger partial charge in [-0.2, -0.15) is 0 Å². The van der Waals surface area contributed by atoms with Crippen LogP contribution in [0.1, 0.15) is 51.8 Å². The Morgan fingerprint density at radius 2 is 1.90 bits per heavy atom. The molecule has 1 aliphatic rings. The van der Waals surface area contributed by atoms with E-state index in [2.05, 4.69) is 27.5 Å². The van der Waals surface area contributed by atoms with Gasteiger partial charge < -0.3 is 15.7 Å². The Kier molecular flexibility index (Phi) is 5.39. The summed E-state index contributed by atoms with van der Waals surface area (Å²) in [5.41, 5.74) is -0.594. The summed E-state index contributed by atoms with van der Waals surface area (Å²) in [6, 6.07) is 1.89. The number of nitrogens with zero attached hydrogens (tertiary/aromatic N) is 2. The highest BCUT2D eigenvalue weighted by atomic mass is 16.3. The monoisotopic (exact) mass is 292 g/mol. The Hall–Kier alpha value is -1.36. The molecule has 0 radical (unpaired) electrons. The topological polar surface area (TPSA) is 70.1 Å². The van der Waals surface area contributed by atoms with Crippen molar-refractivity contribution in [1.29, 1.82) is 0 Å². The van der Waals surface area contributed by atoms with Crippen LogP contribution in [-0.4, -0.2) is 34.3 Å². The first kappa shape index (κ1) is 16.0. The second-order valence-corrected chi connectivity index (χ2v) is 6.09. The van der Waals surface area contributed by atoms with E-state index in [9.17, 15) is 5.11 Å². The number of aliphatic hydroxyl groups is 1. The molecule has 5 heteroatoms. The molecule has 0 bridgehead atoms. The van der Waals surface area contributed by atoms with E-state index in [0.29, 0.717) is 6.54 Å². The van der Waals surface area contributed by atoms with Gasteiger partial charge in [-0.25, -0.2) is 9.97 Å². The number of nitrogens with one attached hydrogen (secondary N) is 2. The number of rotatable bonds is 6. The fourth-order valence-corrected chi connectivity index (χ4v) is 2.93. The molecule has 1 aromatic heterocycles. The van der Waals surface area contributed by atoms with Crippen molar-refractivity contribution >= 4 is 11.6 Å². The fraction of sp³-hybridized carbons (Fsp3) is 0.750. The van der Waals surface area contributed by atoms with Crippen molar-refractivity contribution in [2.24, 2.45) is 5.92 Å². The summed E-state index contributed by atoms with van der Waals surface area (Å²) in [6.07, 6.45) is 6.03. The SMILES string of the molecule is CCc1nc(NC)cc(NCC2(O)CCC(CC)CC2)n1. The molecular formula is C16H28N4O. The maximum atomic E-state index is 10.7. The van der Waals surface area contributed by atoms with Crippen molar-refractivity contribution in [3.05, 3.63) is 11.9 Å². The molecule has 21 heavy (non-hydrogen) atoms. The van der Waals surface area contributed by atoms with Gasteiger partial charge in [0.25, 0.3) is 0 Å². The minimum atomic E-state index is -0.594. The molecule has 118 valence electrons. The summed E-state index contributed by atoms with van der Waals surface area (Å²) in [5.74, 6) is 3.20. The Morgan fingerprint density at radius 1 is 1.24 bits per heavy atom. The van der Waals surface area contributed by atoms with Crippen molar-refractivity contribution in [1.82, 2.24) is 9.97 Å². The smallest absolute Gasteiger partial charge is 0.132 e. The Labute approximate surface area is 127 Å². The van der Waals surface area contributed by atoms with Gasteiger partial charge in [-0.1, -0.05) is 20.3 Å². The molecular weight excluding hydrogens is 264 g/mol. The van der Waals surface area contributed by atoms with Gasteiger partial charge in [0.1, 0.15) is 17.5 Å². The van der Waals surface area contributed by atoms with Crippen molar-refractivity contribution in [2.75, 3.05) is 24.2 Å². The highest BCUT2D eigenvalue weighted by molar-refractivity contribution is 5.47. The molecule has 0 spiro atoms. The van der Waals surface area contributed by atoms with E-state index < -0.39 is 5.60 Å². The molecule has 1 aliphatic carbocycles. The van der Waals surface area contributed by atoms with Crippen molar-refractivity contribution in [2.45, 2.75) is 58.0 Å². The van der Waals surface area contributed by atoms with Gasteiger partial charge in [-0.05, 0) is 31.6 Å². The van der Waals surface area contributed by atoms with Crippen LogP contribution in [-0.2, 0) is 6.42 Å². The molecule has 0 aromatic carbocycles. The summed E-state index contributed by atoms with van der Waals surface area (Å²) in [6.45, 7) is 4.84. The number of aryl methyl sites for hydroxylation is 1. The highest BCUT2D eigenvalue weighted by Gasteiger charge is 2.32. The average molecular weight is 292 g/mol. The molecule has 1 heterocycles. The van der Waals surface area contributed by atoms with Gasteiger partial charge >= 0.3 is 0 Å². The summed E-state index contributed by atoms with van der Waals surface area (Å²) in [7, 11) is 1.85. The second kappa shape index (κ2) is 7.07. The zero-order valence-electron chi connectivity index (χ0n) is 13.4. The van der Waals surface area contributed by atoms with Crippen LogP contribution in [0.15, 0.2) is 6.07 Å². The summed E-state index contributed by atoms with van der Waals surface area (Å²) in [4.78, 5) is 8.85. The first-order valence-corrected chi connectivity index (χ1v) is 8.10. The fourth-order valence-electron chi connectivity index (χ4n) is 2.93. The van der Waals surface area contributed by atoms with Crippen LogP contribution in [0.5, 0.6) is 0 Å². The predicted octanol–water partition coefficient (Wildman–Crippen LogP) is 2.82. The van der Waals surface area contributed by atoms with Crippen LogP contribution in [0, 0.1) is 5.92 Å². The van der Waals surface area contributed by atoms with Crippen LogP contribution in [0.3, 0.4) is 0 Å². The minimum absolute atomic E-state index is 0.562. The quantitative estimate of drug-likeness (QED) is 0.752. The summed E-state index contributed by atoms with van der Waals surface area (Å²) < 4.78 is 0. The molecule has 0 aliphatic heterocycles. The molecule has 0 amide bonds. The van der Waals surface area contributed by atoms with Crippen molar-refractivity contribution in [3.63, 3.8) is 0 Å². The van der Waals surface area contributed by atoms with Crippen LogP contribution < -0.4 is 10.6 Å². The third-order valence-electron chi connectivity index (χ3n) is 4.56. The van der Waals surface area contributed by atoms with Crippen LogP contribution >= 0.6 is 0 Å². The van der Waals surface area contributed by atoms with Gasteiger partial charge in [-0.15, -0.1) is 0 Å². The van der Waals surface area contributed by atoms with Crippen molar-refractivity contribution < 1.29 is 5.11 Å². The molecule has 0 saturated heterocycles. The second-order valence-electron chi connectivity index (χ2n) is 6.09. The molecule has 5 nitrogen and oxygen atoms in total. The Morgan fingerprint density at radius 3 is 2.48 bits per heavy atom. The van der Waals surface area contributed by atoms with E-state index in [4.69, 9.17) is 0 Å². The number of anilines is 2. The van der Waals surface area contributed by atoms with Crippen LogP contribution in [0.25, 0.3) is 0 Å². The minimum Gasteiger partial charge on any atom is -0.388 e. The van der Waals surface area contributed by atoms with Gasteiger partial charge in [0, 0.05) is 26.1 Å². The van der Waals surface area contributed by atoms with E-state index in [0.717, 1.165) is 55.5 Å². The van der Waals surface area contributed by atoms with Gasteiger partial charge in [0.2, 0.25) is 0 Å². The normalized spacial score (nSPS) is 25.6. The maximum absolute atomic E-state index is 10.7. The molecule has 1 fully saturated rings.